The van der Waals surface area contributed by atoms with Crippen molar-refractivity contribution in [1.29, 1.82) is 0 Å². The summed E-state index contributed by atoms with van der Waals surface area (Å²) >= 11 is 0. The molecule has 0 aliphatic carbocycles. The Labute approximate surface area is 141 Å². The SMILES string of the molecule is CC(C)N(C)C(=O)OC[C@@]1(F)O[C@@H](n2ccc(=O)[nH]c2=O)[C@H](O)[C@@H]1O. The summed E-state index contributed by atoms with van der Waals surface area (Å²) in [5, 5.41) is 19.9. The Kier molecular flexibility index (Phi) is 5.30. The normalized spacial score (nSPS) is 29.0. The van der Waals surface area contributed by atoms with Crippen LogP contribution >= 0.6 is 0 Å². The molecule has 0 radical (unpaired) electrons. The van der Waals surface area contributed by atoms with Crippen LogP contribution in [-0.2, 0) is 9.47 Å². The van der Waals surface area contributed by atoms with Gasteiger partial charge in [0.05, 0.1) is 0 Å². The molecule has 0 bridgehead atoms. The van der Waals surface area contributed by atoms with Gasteiger partial charge < -0.3 is 24.6 Å². The van der Waals surface area contributed by atoms with Gasteiger partial charge in [0.25, 0.3) is 11.4 Å². The largest absolute Gasteiger partial charge is 0.443 e. The second-order valence-corrected chi connectivity index (χ2v) is 6.01. The second kappa shape index (κ2) is 6.94. The first-order valence-corrected chi connectivity index (χ1v) is 7.51. The summed E-state index contributed by atoms with van der Waals surface area (Å²) in [6.45, 7) is 2.45. The molecule has 1 aliphatic rings. The summed E-state index contributed by atoms with van der Waals surface area (Å²) in [7, 11) is 1.45. The van der Waals surface area contributed by atoms with Crippen LogP contribution in [0.5, 0.6) is 0 Å². The molecule has 1 saturated heterocycles. The van der Waals surface area contributed by atoms with Crippen LogP contribution in [0.3, 0.4) is 0 Å². The van der Waals surface area contributed by atoms with Crippen LogP contribution in [0.15, 0.2) is 21.9 Å². The Hall–Kier alpha value is -2.24. The molecule has 1 aliphatic heterocycles. The zero-order valence-corrected chi connectivity index (χ0v) is 13.9. The number of carbonyl (C=O) groups is 1. The first kappa shape index (κ1) is 19.1. The highest BCUT2D eigenvalue weighted by atomic mass is 19.2. The van der Waals surface area contributed by atoms with Gasteiger partial charge in [-0.3, -0.25) is 14.3 Å². The van der Waals surface area contributed by atoms with Crippen LogP contribution in [0.25, 0.3) is 0 Å². The Balaban J connectivity index is 2.16. The van der Waals surface area contributed by atoms with Gasteiger partial charge in [-0.05, 0) is 13.8 Å². The number of amides is 1. The van der Waals surface area contributed by atoms with Crippen LogP contribution in [0.2, 0.25) is 0 Å². The summed E-state index contributed by atoms with van der Waals surface area (Å²) in [5.74, 6) is -2.92. The summed E-state index contributed by atoms with van der Waals surface area (Å²) in [6.07, 6.45) is -5.36. The average Bonchev–Trinajstić information content (AvgIpc) is 2.77. The number of aromatic amines is 1. The molecular weight excluding hydrogens is 341 g/mol. The van der Waals surface area contributed by atoms with Crippen molar-refractivity contribution < 1.29 is 28.9 Å². The lowest BCUT2D eigenvalue weighted by molar-refractivity contribution is -0.208. The fraction of sp³-hybridized carbons (Fsp3) is 0.643. The van der Waals surface area contributed by atoms with Gasteiger partial charge in [-0.25, -0.2) is 14.0 Å². The maximum Gasteiger partial charge on any atom is 0.409 e. The molecule has 1 aromatic heterocycles. The van der Waals surface area contributed by atoms with Crippen molar-refractivity contribution in [3.8, 4) is 0 Å². The van der Waals surface area contributed by atoms with E-state index in [-0.39, 0.29) is 6.04 Å². The van der Waals surface area contributed by atoms with Crippen molar-refractivity contribution in [3.05, 3.63) is 33.1 Å². The van der Waals surface area contributed by atoms with Crippen molar-refractivity contribution >= 4 is 6.09 Å². The van der Waals surface area contributed by atoms with E-state index < -0.39 is 48.2 Å². The average molecular weight is 361 g/mol. The van der Waals surface area contributed by atoms with E-state index >= 15 is 0 Å². The van der Waals surface area contributed by atoms with Crippen molar-refractivity contribution in [2.45, 2.75) is 44.2 Å². The Morgan fingerprint density at radius 2 is 2.16 bits per heavy atom. The highest BCUT2D eigenvalue weighted by Crippen LogP contribution is 2.37. The summed E-state index contributed by atoms with van der Waals surface area (Å²) in [4.78, 5) is 37.7. The number of H-pyrrole nitrogens is 1. The predicted octanol–water partition coefficient (Wildman–Crippen LogP) is -1.07. The van der Waals surface area contributed by atoms with E-state index in [9.17, 15) is 29.0 Å². The molecule has 10 nitrogen and oxygen atoms in total. The van der Waals surface area contributed by atoms with E-state index in [4.69, 9.17) is 9.47 Å². The third kappa shape index (κ3) is 3.72. The quantitative estimate of drug-likeness (QED) is 0.622. The third-order valence-corrected chi connectivity index (χ3v) is 3.95. The minimum atomic E-state index is -2.92. The van der Waals surface area contributed by atoms with Crippen LogP contribution in [0.4, 0.5) is 9.18 Å². The molecule has 2 heterocycles. The minimum absolute atomic E-state index is 0.199. The van der Waals surface area contributed by atoms with Crippen molar-refractivity contribution in [2.24, 2.45) is 0 Å². The number of hydrogen-bond donors (Lipinski definition) is 3. The van der Waals surface area contributed by atoms with Crippen LogP contribution in [0.1, 0.15) is 20.1 Å². The van der Waals surface area contributed by atoms with Gasteiger partial charge in [-0.1, -0.05) is 0 Å². The second-order valence-electron chi connectivity index (χ2n) is 6.01. The third-order valence-electron chi connectivity index (χ3n) is 3.95. The molecule has 140 valence electrons. The smallest absolute Gasteiger partial charge is 0.409 e. The molecule has 11 heteroatoms. The first-order valence-electron chi connectivity index (χ1n) is 7.51. The van der Waals surface area contributed by atoms with E-state index in [0.717, 1.165) is 16.8 Å². The zero-order valence-electron chi connectivity index (χ0n) is 13.9. The highest BCUT2D eigenvalue weighted by Gasteiger charge is 2.57. The minimum Gasteiger partial charge on any atom is -0.443 e. The zero-order chi connectivity index (χ0) is 18.9. The van der Waals surface area contributed by atoms with Crippen molar-refractivity contribution in [1.82, 2.24) is 14.5 Å². The van der Waals surface area contributed by atoms with E-state index in [1.165, 1.54) is 11.9 Å². The molecule has 1 aromatic rings. The lowest BCUT2D eigenvalue weighted by Gasteiger charge is -2.26. The molecule has 25 heavy (non-hydrogen) atoms. The number of alkyl halides is 1. The standard InChI is InChI=1S/C14H20FN3O7/c1-7(2)17(3)13(23)24-6-14(15)10(21)9(20)11(25-14)18-5-4-8(19)16-12(18)22/h4-5,7,9-11,20-21H,6H2,1-3H3,(H,16,19,22)/t9-,10+,11-,14-/m1/s1. The van der Waals surface area contributed by atoms with Gasteiger partial charge in [0, 0.05) is 25.4 Å². The van der Waals surface area contributed by atoms with Crippen LogP contribution < -0.4 is 11.2 Å². The van der Waals surface area contributed by atoms with Gasteiger partial charge in [0.2, 0.25) is 0 Å². The molecule has 0 saturated carbocycles. The van der Waals surface area contributed by atoms with E-state index in [1.54, 1.807) is 13.8 Å². The fourth-order valence-electron chi connectivity index (χ4n) is 2.19. The van der Waals surface area contributed by atoms with E-state index in [0.29, 0.717) is 0 Å². The molecule has 1 amide bonds. The van der Waals surface area contributed by atoms with Crippen LogP contribution in [0, 0.1) is 0 Å². The highest BCUT2D eigenvalue weighted by molar-refractivity contribution is 5.67. The Morgan fingerprint density at radius 3 is 2.72 bits per heavy atom. The van der Waals surface area contributed by atoms with Crippen LogP contribution in [-0.4, -0.2) is 68.5 Å². The fourth-order valence-corrected chi connectivity index (χ4v) is 2.19. The van der Waals surface area contributed by atoms with Gasteiger partial charge in [-0.2, -0.15) is 0 Å². The lowest BCUT2D eigenvalue weighted by atomic mass is 10.1. The summed E-state index contributed by atoms with van der Waals surface area (Å²) < 4.78 is 25.3. The number of aromatic nitrogens is 2. The molecule has 2 rings (SSSR count). The van der Waals surface area contributed by atoms with E-state index in [2.05, 4.69) is 0 Å². The number of ether oxygens (including phenoxy) is 2. The summed E-state index contributed by atoms with van der Waals surface area (Å²) in [5.41, 5.74) is -1.64. The number of nitrogens with one attached hydrogen (secondary N) is 1. The topological polar surface area (TPSA) is 134 Å². The molecule has 4 atom stereocenters. The Morgan fingerprint density at radius 1 is 1.52 bits per heavy atom. The molecule has 0 aromatic carbocycles. The molecular formula is C14H20FN3O7. The number of aliphatic hydroxyl groups is 2. The Bertz CT molecular complexity index is 748. The number of rotatable bonds is 4. The van der Waals surface area contributed by atoms with Gasteiger partial charge in [0.1, 0.15) is 12.2 Å². The first-order chi connectivity index (χ1) is 11.6. The molecule has 0 unspecified atom stereocenters. The van der Waals surface area contributed by atoms with Gasteiger partial charge in [-0.15, -0.1) is 0 Å². The maximum atomic E-state index is 14.8. The van der Waals surface area contributed by atoms with Crippen molar-refractivity contribution in [3.63, 3.8) is 0 Å². The van der Waals surface area contributed by atoms with E-state index in [1.807, 2.05) is 4.98 Å². The lowest BCUT2D eigenvalue weighted by Crippen LogP contribution is -2.45. The van der Waals surface area contributed by atoms with Gasteiger partial charge in [0.15, 0.2) is 12.8 Å². The summed E-state index contributed by atoms with van der Waals surface area (Å²) in [6, 6.07) is 0.773. The maximum absolute atomic E-state index is 14.8. The number of hydrogen-bond acceptors (Lipinski definition) is 7. The molecule has 3 N–H and O–H groups in total. The van der Waals surface area contributed by atoms with Gasteiger partial charge >= 0.3 is 11.8 Å². The number of nitrogens with zero attached hydrogens (tertiary/aromatic N) is 2. The predicted molar refractivity (Wildman–Crippen MR) is 81.5 cm³/mol. The monoisotopic (exact) mass is 361 g/mol. The van der Waals surface area contributed by atoms with Crippen molar-refractivity contribution in [2.75, 3.05) is 13.7 Å². The number of carbonyl (C=O) groups excluding carboxylic acids is 1. The number of aliphatic hydroxyl groups excluding tert-OH is 2. The molecule has 1 fully saturated rings. The molecule has 0 spiro atoms. The number of halogens is 1.